The average Bonchev–Trinajstić information content (AvgIpc) is 1.49. The Labute approximate surface area is 66.7 Å². The van der Waals surface area contributed by atoms with Crippen molar-refractivity contribution in [3.63, 3.8) is 0 Å². The van der Waals surface area contributed by atoms with Gasteiger partial charge in [0.25, 0.3) is 0 Å². The van der Waals surface area contributed by atoms with Gasteiger partial charge in [-0.1, -0.05) is 0 Å². The molecule has 0 aliphatic heterocycles. The Hall–Kier alpha value is -0.430. The maximum Gasteiger partial charge on any atom is 0.441 e. The van der Waals surface area contributed by atoms with Gasteiger partial charge in [-0.2, -0.15) is 4.44 Å². The first-order valence-corrected chi connectivity index (χ1v) is 5.46. The van der Waals surface area contributed by atoms with Crippen LogP contribution in [0.4, 0.5) is 0 Å². The van der Waals surface area contributed by atoms with E-state index < -0.39 is 25.9 Å². The summed E-state index contributed by atoms with van der Waals surface area (Å²) in [4.78, 5) is 33.2. The minimum Gasteiger partial charge on any atom is -0.369 e. The normalized spacial score (nSPS) is 12.7. The van der Waals surface area contributed by atoms with E-state index in [-0.39, 0.29) is 0 Å². The van der Waals surface area contributed by atoms with E-state index in [1.54, 1.807) is 0 Å². The Balaban J connectivity index is 5.11. The zero-order chi connectivity index (χ0) is 10.2. The van der Waals surface area contributed by atoms with Gasteiger partial charge in [0, 0.05) is 0 Å². The molecule has 0 saturated carbocycles. The van der Waals surface area contributed by atoms with Gasteiger partial charge >= 0.3 is 15.5 Å². The molecule has 7 N–H and O–H groups in total. The summed E-state index contributed by atoms with van der Waals surface area (Å²) in [6.07, 6.45) is 0. The molecule has 0 aromatic carbocycles. The summed E-state index contributed by atoms with van der Waals surface area (Å²) in [7, 11) is -10.5. The van der Waals surface area contributed by atoms with Crippen LogP contribution in [0.5, 0.6) is 0 Å². The van der Waals surface area contributed by atoms with Crippen molar-refractivity contribution < 1.29 is 28.7 Å². The highest BCUT2D eigenvalue weighted by atomic mass is 31.3. The van der Waals surface area contributed by atoms with Crippen LogP contribution in [0.15, 0.2) is 0 Å². The minimum atomic E-state index is -5.23. The molecule has 0 fully saturated rings. The molecule has 72 valence electrons. The van der Waals surface area contributed by atoms with Gasteiger partial charge in [-0.25, -0.2) is 9.13 Å². The molecule has 0 rings (SSSR count). The Morgan fingerprint density at radius 3 is 1.42 bits per heavy atom. The molecule has 0 saturated heterocycles. The lowest BCUT2D eigenvalue weighted by Crippen LogP contribution is -2.30. The number of guanidine groups is 1. The molecule has 0 atom stereocenters. The number of rotatable bonds is 2. The van der Waals surface area contributed by atoms with Gasteiger partial charge in [0.2, 0.25) is 5.96 Å². The second kappa shape index (κ2) is 3.14. The van der Waals surface area contributed by atoms with E-state index in [1.165, 1.54) is 0 Å². The third kappa shape index (κ3) is 2.90. The molecule has 0 aromatic heterocycles. The van der Waals surface area contributed by atoms with Crippen LogP contribution < -0.4 is 5.73 Å². The highest BCUT2D eigenvalue weighted by molar-refractivity contribution is 7.66. The lowest BCUT2D eigenvalue weighted by atomic mass is 11.1. The Kier molecular flexibility index (Phi) is 3.02. The van der Waals surface area contributed by atoms with Crippen molar-refractivity contribution in [2.24, 2.45) is 5.73 Å². The molecule has 0 aromatic rings. The molecule has 0 radical (unpaired) electrons. The number of nitrogens with zero attached hydrogens (tertiary/aromatic N) is 1. The Bertz CT molecular complexity index is 253. The maximum absolute atomic E-state index is 10.3. The summed E-state index contributed by atoms with van der Waals surface area (Å²) in [5.41, 5.74) is 4.53. The van der Waals surface area contributed by atoms with Crippen LogP contribution >= 0.6 is 15.5 Å². The van der Waals surface area contributed by atoms with Crippen LogP contribution in [0.2, 0.25) is 0 Å². The minimum absolute atomic E-state index is 0.764. The smallest absolute Gasteiger partial charge is 0.369 e. The van der Waals surface area contributed by atoms with E-state index in [2.05, 4.69) is 5.73 Å². The van der Waals surface area contributed by atoms with E-state index in [1.807, 2.05) is 0 Å². The molecule has 9 nitrogen and oxygen atoms in total. The lowest BCUT2D eigenvalue weighted by molar-refractivity contribution is 0.300. The molecule has 0 aliphatic carbocycles. The molecular weight excluding hydrogens is 212 g/mol. The van der Waals surface area contributed by atoms with Gasteiger partial charge in [0.15, 0.2) is 0 Å². The van der Waals surface area contributed by atoms with E-state index >= 15 is 0 Å². The predicted molar refractivity (Wildman–Crippen MR) is 37.8 cm³/mol. The number of hydrogen-bond acceptors (Lipinski definition) is 3. The molecular formula is CH7N3O6P2. The first-order valence-electron chi connectivity index (χ1n) is 2.33. The van der Waals surface area contributed by atoms with Crippen LogP contribution in [0.25, 0.3) is 0 Å². The standard InChI is InChI=1S/CH7N3O6P2/c2-1(3)4(11(5,6)7)12(8,9)10/h(H3,2,3)(H2,5,6,7)(H2,8,9,10). The lowest BCUT2D eigenvalue weighted by Gasteiger charge is -2.22. The van der Waals surface area contributed by atoms with Crippen LogP contribution in [0, 0.1) is 5.41 Å². The summed E-state index contributed by atoms with van der Waals surface area (Å²) in [5.74, 6) is -1.39. The highest BCUT2D eigenvalue weighted by Crippen LogP contribution is 2.57. The van der Waals surface area contributed by atoms with E-state index in [0.717, 1.165) is 0 Å². The number of hydrogen-bond donors (Lipinski definition) is 6. The quantitative estimate of drug-likeness (QED) is 0.182. The SMILES string of the molecule is N=C(N)N(P(=O)(O)O)P(=O)(O)O. The van der Waals surface area contributed by atoms with Gasteiger partial charge in [0.1, 0.15) is 0 Å². The monoisotopic (exact) mass is 219 g/mol. The molecule has 0 bridgehead atoms. The van der Waals surface area contributed by atoms with Crippen molar-refractivity contribution in [3.05, 3.63) is 0 Å². The van der Waals surface area contributed by atoms with Crippen molar-refractivity contribution in [2.75, 3.05) is 0 Å². The second-order valence-corrected chi connectivity index (χ2v) is 4.87. The van der Waals surface area contributed by atoms with Crippen molar-refractivity contribution in [1.82, 2.24) is 4.44 Å². The van der Waals surface area contributed by atoms with Crippen molar-refractivity contribution in [1.29, 1.82) is 5.41 Å². The molecule has 11 heteroatoms. The Morgan fingerprint density at radius 2 is 1.42 bits per heavy atom. The first-order chi connectivity index (χ1) is 5.07. The van der Waals surface area contributed by atoms with Gasteiger partial charge in [-0.15, -0.1) is 0 Å². The van der Waals surface area contributed by atoms with E-state index in [9.17, 15) is 9.13 Å². The van der Waals surface area contributed by atoms with Gasteiger partial charge < -0.3 is 25.3 Å². The fraction of sp³-hybridized carbons (Fsp3) is 0. The fourth-order valence-corrected chi connectivity index (χ4v) is 2.21. The molecule has 0 unspecified atom stereocenters. The summed E-state index contributed by atoms with van der Waals surface area (Å²) in [6.45, 7) is 0. The van der Waals surface area contributed by atoms with Crippen molar-refractivity contribution >= 4 is 21.5 Å². The van der Waals surface area contributed by atoms with Crippen molar-refractivity contribution in [2.45, 2.75) is 0 Å². The van der Waals surface area contributed by atoms with E-state index in [0.29, 0.717) is 0 Å². The zero-order valence-corrected chi connectivity index (χ0v) is 7.31. The number of nitrogens with two attached hydrogens (primary N) is 1. The predicted octanol–water partition coefficient (Wildman–Crippen LogP) is -1.63. The van der Waals surface area contributed by atoms with Crippen LogP contribution in [0.3, 0.4) is 0 Å². The summed E-state index contributed by atoms with van der Waals surface area (Å²) in [6, 6.07) is 0. The van der Waals surface area contributed by atoms with Crippen LogP contribution in [0.1, 0.15) is 0 Å². The Morgan fingerprint density at radius 1 is 1.17 bits per heavy atom. The molecule has 0 aliphatic rings. The van der Waals surface area contributed by atoms with Crippen LogP contribution in [-0.4, -0.2) is 30.0 Å². The van der Waals surface area contributed by atoms with Gasteiger partial charge in [-0.05, 0) is 0 Å². The number of nitrogens with one attached hydrogen (secondary N) is 1. The summed E-state index contributed by atoms with van der Waals surface area (Å²) < 4.78 is 19.9. The van der Waals surface area contributed by atoms with Crippen molar-refractivity contribution in [3.8, 4) is 0 Å². The molecule has 0 spiro atoms. The first kappa shape index (κ1) is 11.6. The van der Waals surface area contributed by atoms with Gasteiger partial charge in [-0.3, -0.25) is 5.41 Å². The average molecular weight is 219 g/mol. The van der Waals surface area contributed by atoms with E-state index in [4.69, 9.17) is 25.0 Å². The summed E-state index contributed by atoms with van der Waals surface area (Å²) in [5, 5.41) is 6.48. The third-order valence-electron chi connectivity index (χ3n) is 0.709. The van der Waals surface area contributed by atoms with Crippen LogP contribution in [-0.2, 0) is 9.13 Å². The van der Waals surface area contributed by atoms with Gasteiger partial charge in [0.05, 0.1) is 0 Å². The topological polar surface area (TPSA) is 168 Å². The largest absolute Gasteiger partial charge is 0.441 e. The maximum atomic E-state index is 10.3. The molecule has 0 heterocycles. The fourth-order valence-electron chi connectivity index (χ4n) is 0.432. The zero-order valence-electron chi connectivity index (χ0n) is 5.52. The highest BCUT2D eigenvalue weighted by Gasteiger charge is 2.40. The molecule has 12 heavy (non-hydrogen) atoms. The second-order valence-electron chi connectivity index (χ2n) is 1.70. The molecule has 0 amide bonds. The summed E-state index contributed by atoms with van der Waals surface area (Å²) >= 11 is 0. The third-order valence-corrected chi connectivity index (χ3v) is 3.53.